The van der Waals surface area contributed by atoms with Gasteiger partial charge < -0.3 is 5.32 Å². The molecule has 1 atom stereocenters. The Bertz CT molecular complexity index is 692. The summed E-state index contributed by atoms with van der Waals surface area (Å²) in [6, 6.07) is 6.30. The molecule has 0 unspecified atom stereocenters. The maximum absolute atomic E-state index is 12.6. The zero-order valence-electron chi connectivity index (χ0n) is 15.0. The van der Waals surface area contributed by atoms with E-state index in [1.807, 2.05) is 0 Å². The molecular formula is C18H28N2O3S. The maximum Gasteiger partial charge on any atom is 0.223 e. The minimum atomic E-state index is -3.15. The fraction of sp³-hybridized carbons (Fsp3) is 0.611. The zero-order valence-corrected chi connectivity index (χ0v) is 15.8. The average molecular weight is 353 g/mol. The van der Waals surface area contributed by atoms with Gasteiger partial charge in [0.2, 0.25) is 15.9 Å². The number of carbonyl (C=O) groups excluding carboxylic acids is 1. The van der Waals surface area contributed by atoms with Crippen LogP contribution in [-0.4, -0.2) is 38.0 Å². The first kappa shape index (κ1) is 18.9. The summed E-state index contributed by atoms with van der Waals surface area (Å²) in [5.41, 5.74) is 3.56. The van der Waals surface area contributed by atoms with Gasteiger partial charge in [0.05, 0.1) is 12.3 Å². The third-order valence-electron chi connectivity index (χ3n) is 4.82. The normalized spacial score (nSPS) is 18.3. The Balaban J connectivity index is 2.00. The molecule has 0 spiro atoms. The molecule has 2 rings (SSSR count). The molecule has 1 aromatic rings. The van der Waals surface area contributed by atoms with Crippen LogP contribution in [0, 0.1) is 19.8 Å². The first-order valence-electron chi connectivity index (χ1n) is 8.55. The minimum Gasteiger partial charge on any atom is -0.349 e. The van der Waals surface area contributed by atoms with Gasteiger partial charge >= 0.3 is 0 Å². The van der Waals surface area contributed by atoms with Crippen LogP contribution in [0.15, 0.2) is 18.2 Å². The van der Waals surface area contributed by atoms with Crippen LogP contribution in [-0.2, 0) is 14.8 Å². The van der Waals surface area contributed by atoms with E-state index >= 15 is 0 Å². The lowest BCUT2D eigenvalue weighted by Crippen LogP contribution is -2.43. The van der Waals surface area contributed by atoms with Crippen molar-refractivity contribution in [2.24, 2.45) is 5.92 Å². The SMILES string of the molecule is CC[C@@H](NC(=O)C1CCN(S(C)(=O)=O)CC1)c1ccc(C)cc1C. The predicted octanol–water partition coefficient (Wildman–Crippen LogP) is 2.54. The molecule has 1 aliphatic heterocycles. The van der Waals surface area contributed by atoms with E-state index < -0.39 is 10.0 Å². The molecule has 1 saturated heterocycles. The van der Waals surface area contributed by atoms with Gasteiger partial charge in [-0.3, -0.25) is 4.79 Å². The molecule has 1 aromatic carbocycles. The Morgan fingerprint density at radius 3 is 2.42 bits per heavy atom. The van der Waals surface area contributed by atoms with Gasteiger partial charge in [-0.05, 0) is 44.2 Å². The molecule has 24 heavy (non-hydrogen) atoms. The summed E-state index contributed by atoms with van der Waals surface area (Å²) < 4.78 is 24.6. The van der Waals surface area contributed by atoms with E-state index in [9.17, 15) is 13.2 Å². The van der Waals surface area contributed by atoms with Gasteiger partial charge in [0.1, 0.15) is 0 Å². The van der Waals surface area contributed by atoms with E-state index in [2.05, 4.69) is 44.3 Å². The lowest BCUT2D eigenvalue weighted by molar-refractivity contribution is -0.126. The number of piperidine rings is 1. The quantitative estimate of drug-likeness (QED) is 0.885. The fourth-order valence-corrected chi connectivity index (χ4v) is 4.23. The topological polar surface area (TPSA) is 66.5 Å². The largest absolute Gasteiger partial charge is 0.349 e. The van der Waals surface area contributed by atoms with E-state index in [0.717, 1.165) is 12.0 Å². The summed E-state index contributed by atoms with van der Waals surface area (Å²) in [4.78, 5) is 12.6. The smallest absolute Gasteiger partial charge is 0.223 e. The van der Waals surface area contributed by atoms with Crippen LogP contribution in [0.5, 0.6) is 0 Å². The number of sulfonamides is 1. The highest BCUT2D eigenvalue weighted by atomic mass is 32.2. The van der Waals surface area contributed by atoms with Crippen LogP contribution in [0.4, 0.5) is 0 Å². The first-order chi connectivity index (χ1) is 11.2. The third kappa shape index (κ3) is 4.57. The van der Waals surface area contributed by atoms with Gasteiger partial charge in [-0.1, -0.05) is 30.7 Å². The molecule has 0 aromatic heterocycles. The van der Waals surface area contributed by atoms with Crippen molar-refractivity contribution in [2.75, 3.05) is 19.3 Å². The summed E-state index contributed by atoms with van der Waals surface area (Å²) >= 11 is 0. The number of carbonyl (C=O) groups is 1. The molecular weight excluding hydrogens is 324 g/mol. The van der Waals surface area contributed by atoms with Crippen LogP contribution in [0.2, 0.25) is 0 Å². The monoisotopic (exact) mass is 352 g/mol. The van der Waals surface area contributed by atoms with Crippen molar-refractivity contribution >= 4 is 15.9 Å². The van der Waals surface area contributed by atoms with E-state index in [-0.39, 0.29) is 17.9 Å². The molecule has 0 bridgehead atoms. The van der Waals surface area contributed by atoms with Crippen LogP contribution >= 0.6 is 0 Å². The van der Waals surface area contributed by atoms with Gasteiger partial charge in [-0.2, -0.15) is 0 Å². The van der Waals surface area contributed by atoms with Crippen molar-refractivity contribution in [3.8, 4) is 0 Å². The molecule has 5 nitrogen and oxygen atoms in total. The highest BCUT2D eigenvalue weighted by Gasteiger charge is 2.30. The first-order valence-corrected chi connectivity index (χ1v) is 10.4. The van der Waals surface area contributed by atoms with Gasteiger partial charge in [0.15, 0.2) is 0 Å². The Labute approximate surface area is 145 Å². The molecule has 1 amide bonds. The maximum atomic E-state index is 12.6. The van der Waals surface area contributed by atoms with Gasteiger partial charge in [-0.25, -0.2) is 12.7 Å². The number of rotatable bonds is 5. The van der Waals surface area contributed by atoms with Crippen molar-refractivity contribution < 1.29 is 13.2 Å². The zero-order chi connectivity index (χ0) is 17.9. The summed E-state index contributed by atoms with van der Waals surface area (Å²) in [5.74, 6) is -0.0715. The van der Waals surface area contributed by atoms with E-state index in [4.69, 9.17) is 0 Å². The van der Waals surface area contributed by atoms with Crippen LogP contribution in [0.25, 0.3) is 0 Å². The minimum absolute atomic E-state index is 0.00559. The molecule has 0 aliphatic carbocycles. The third-order valence-corrected chi connectivity index (χ3v) is 6.12. The number of aryl methyl sites for hydroxylation is 2. The lowest BCUT2D eigenvalue weighted by atomic mass is 9.94. The number of benzene rings is 1. The fourth-order valence-electron chi connectivity index (χ4n) is 3.36. The van der Waals surface area contributed by atoms with Gasteiger partial charge in [0.25, 0.3) is 0 Å². The van der Waals surface area contributed by atoms with Crippen molar-refractivity contribution in [1.29, 1.82) is 0 Å². The molecule has 6 heteroatoms. The Morgan fingerprint density at radius 1 is 1.29 bits per heavy atom. The number of amides is 1. The lowest BCUT2D eigenvalue weighted by Gasteiger charge is -2.30. The Kier molecular flexibility index (Phi) is 6.04. The van der Waals surface area contributed by atoms with Crippen LogP contribution < -0.4 is 5.32 Å². The number of nitrogens with zero attached hydrogens (tertiary/aromatic N) is 1. The Hall–Kier alpha value is -1.40. The highest BCUT2D eigenvalue weighted by Crippen LogP contribution is 2.24. The number of hydrogen-bond donors (Lipinski definition) is 1. The highest BCUT2D eigenvalue weighted by molar-refractivity contribution is 7.88. The van der Waals surface area contributed by atoms with Crippen molar-refractivity contribution in [3.63, 3.8) is 0 Å². The van der Waals surface area contributed by atoms with E-state index in [1.54, 1.807) is 0 Å². The standard InChI is InChI=1S/C18H28N2O3S/c1-5-17(16-7-6-13(2)12-14(16)3)19-18(21)15-8-10-20(11-9-15)24(4,22)23/h6-7,12,15,17H,5,8-11H2,1-4H3,(H,19,21)/t17-/m1/s1. The summed E-state index contributed by atoms with van der Waals surface area (Å²) in [6.45, 7) is 7.05. The van der Waals surface area contributed by atoms with E-state index in [1.165, 1.54) is 21.7 Å². The van der Waals surface area contributed by atoms with Crippen molar-refractivity contribution in [2.45, 2.75) is 46.1 Å². The van der Waals surface area contributed by atoms with Crippen molar-refractivity contribution in [3.05, 3.63) is 34.9 Å². The molecule has 0 radical (unpaired) electrons. The molecule has 1 heterocycles. The molecule has 134 valence electrons. The van der Waals surface area contributed by atoms with Crippen LogP contribution in [0.3, 0.4) is 0 Å². The Morgan fingerprint density at radius 2 is 1.92 bits per heavy atom. The van der Waals surface area contributed by atoms with Gasteiger partial charge in [0, 0.05) is 19.0 Å². The molecule has 1 fully saturated rings. The van der Waals surface area contributed by atoms with Crippen LogP contribution in [0.1, 0.15) is 48.9 Å². The summed E-state index contributed by atoms with van der Waals surface area (Å²) in [7, 11) is -3.15. The number of hydrogen-bond acceptors (Lipinski definition) is 3. The van der Waals surface area contributed by atoms with Crippen molar-refractivity contribution in [1.82, 2.24) is 9.62 Å². The summed E-state index contributed by atoms with van der Waals surface area (Å²) in [5, 5.41) is 3.16. The average Bonchev–Trinajstić information content (AvgIpc) is 2.52. The second-order valence-electron chi connectivity index (χ2n) is 6.77. The predicted molar refractivity (Wildman–Crippen MR) is 96.2 cm³/mol. The van der Waals surface area contributed by atoms with Gasteiger partial charge in [-0.15, -0.1) is 0 Å². The second-order valence-corrected chi connectivity index (χ2v) is 8.75. The molecule has 0 saturated carbocycles. The molecule has 1 aliphatic rings. The summed E-state index contributed by atoms with van der Waals surface area (Å²) in [6.07, 6.45) is 3.23. The number of nitrogens with one attached hydrogen (secondary N) is 1. The molecule has 1 N–H and O–H groups in total. The second kappa shape index (κ2) is 7.66. The van der Waals surface area contributed by atoms with E-state index in [0.29, 0.717) is 25.9 Å².